The molecule has 1 aromatic carbocycles. The number of pyridine rings is 1. The van der Waals surface area contributed by atoms with Crippen LogP contribution in [0.1, 0.15) is 16.8 Å². The van der Waals surface area contributed by atoms with Crippen LogP contribution in [0.15, 0.2) is 48.1 Å². The number of thiazole rings is 1. The van der Waals surface area contributed by atoms with Gasteiger partial charge in [-0.05, 0) is 36.8 Å². The molecule has 0 saturated carbocycles. The molecule has 33 heavy (non-hydrogen) atoms. The predicted molar refractivity (Wildman–Crippen MR) is 128 cm³/mol. The number of hydrogen-bond acceptors (Lipinski definition) is 8. The monoisotopic (exact) mass is 468 g/mol. The Bertz CT molecular complexity index is 1050. The number of aromatic nitrogens is 2. The van der Waals surface area contributed by atoms with Crippen molar-refractivity contribution in [3.8, 4) is 22.8 Å². The maximum atomic E-state index is 13.4. The number of carbonyl (C=O) groups excluding carboxylic acids is 1. The lowest BCUT2D eigenvalue weighted by Crippen LogP contribution is -2.39. The number of amides is 1. The first-order valence-electron chi connectivity index (χ1n) is 10.9. The topological polar surface area (TPSA) is 77.0 Å². The van der Waals surface area contributed by atoms with Crippen LogP contribution in [0.5, 0.6) is 11.5 Å². The molecule has 3 heterocycles. The van der Waals surface area contributed by atoms with Crippen molar-refractivity contribution in [3.63, 3.8) is 0 Å². The number of hydrogen-bond donors (Lipinski definition) is 0. The zero-order chi connectivity index (χ0) is 23.0. The van der Waals surface area contributed by atoms with Crippen LogP contribution in [-0.2, 0) is 4.74 Å². The third kappa shape index (κ3) is 5.68. The van der Waals surface area contributed by atoms with Gasteiger partial charge in [0, 0.05) is 49.5 Å². The lowest BCUT2D eigenvalue weighted by molar-refractivity contribution is 0.0376. The van der Waals surface area contributed by atoms with E-state index in [9.17, 15) is 4.79 Å². The van der Waals surface area contributed by atoms with Gasteiger partial charge in [0.2, 0.25) is 0 Å². The molecule has 0 aliphatic carbocycles. The molecule has 1 aliphatic heterocycles. The Kier molecular flexibility index (Phi) is 7.87. The van der Waals surface area contributed by atoms with Crippen molar-refractivity contribution in [2.75, 3.05) is 58.5 Å². The number of anilines is 1. The van der Waals surface area contributed by atoms with Crippen molar-refractivity contribution in [2.24, 2.45) is 0 Å². The van der Waals surface area contributed by atoms with E-state index in [0.29, 0.717) is 28.7 Å². The van der Waals surface area contributed by atoms with Crippen LogP contribution in [0, 0.1) is 0 Å². The highest BCUT2D eigenvalue weighted by Crippen LogP contribution is 2.36. The smallest absolute Gasteiger partial charge is 0.261 e. The summed E-state index contributed by atoms with van der Waals surface area (Å²) in [5.41, 5.74) is 2.10. The van der Waals surface area contributed by atoms with Crippen molar-refractivity contribution >= 4 is 22.4 Å². The molecule has 2 aromatic heterocycles. The zero-order valence-corrected chi connectivity index (χ0v) is 19.7. The number of morpholine rings is 1. The minimum atomic E-state index is -0.108. The van der Waals surface area contributed by atoms with Crippen molar-refractivity contribution < 1.29 is 19.0 Å². The van der Waals surface area contributed by atoms with Gasteiger partial charge in [-0.1, -0.05) is 0 Å². The van der Waals surface area contributed by atoms with Gasteiger partial charge in [-0.3, -0.25) is 19.6 Å². The Morgan fingerprint density at radius 2 is 2.06 bits per heavy atom. The van der Waals surface area contributed by atoms with Gasteiger partial charge < -0.3 is 14.2 Å². The third-order valence-electron chi connectivity index (χ3n) is 5.52. The summed E-state index contributed by atoms with van der Waals surface area (Å²) in [7, 11) is 3.25. The lowest BCUT2D eigenvalue weighted by Gasteiger charge is -2.27. The molecule has 3 aromatic rings. The molecule has 4 rings (SSSR count). The molecule has 1 saturated heterocycles. The van der Waals surface area contributed by atoms with E-state index in [1.807, 2.05) is 23.6 Å². The van der Waals surface area contributed by atoms with Crippen molar-refractivity contribution in [1.82, 2.24) is 14.9 Å². The number of methoxy groups -OCH3 is 2. The molecule has 1 fully saturated rings. The van der Waals surface area contributed by atoms with E-state index in [1.165, 1.54) is 11.3 Å². The Hall–Kier alpha value is -3.01. The average Bonchev–Trinajstić information content (AvgIpc) is 3.37. The lowest BCUT2D eigenvalue weighted by atomic mass is 10.1. The first-order chi connectivity index (χ1) is 16.2. The van der Waals surface area contributed by atoms with Gasteiger partial charge in [-0.25, -0.2) is 4.98 Å². The normalized spacial score (nSPS) is 14.1. The minimum Gasteiger partial charge on any atom is -0.497 e. The largest absolute Gasteiger partial charge is 0.497 e. The van der Waals surface area contributed by atoms with E-state index in [0.717, 1.165) is 50.5 Å². The zero-order valence-electron chi connectivity index (χ0n) is 18.9. The first-order valence-corrected chi connectivity index (χ1v) is 11.8. The average molecular weight is 469 g/mol. The maximum Gasteiger partial charge on any atom is 0.261 e. The Morgan fingerprint density at radius 3 is 2.79 bits per heavy atom. The van der Waals surface area contributed by atoms with Crippen LogP contribution >= 0.6 is 11.3 Å². The van der Waals surface area contributed by atoms with Crippen LogP contribution in [0.2, 0.25) is 0 Å². The molecule has 9 heteroatoms. The molecule has 0 N–H and O–H groups in total. The highest BCUT2D eigenvalue weighted by atomic mass is 32.1. The van der Waals surface area contributed by atoms with Crippen molar-refractivity contribution in [2.45, 2.75) is 6.42 Å². The van der Waals surface area contributed by atoms with E-state index < -0.39 is 0 Å². The van der Waals surface area contributed by atoms with Crippen LogP contribution in [0.25, 0.3) is 11.3 Å². The number of nitrogens with zero attached hydrogens (tertiary/aromatic N) is 4. The highest BCUT2D eigenvalue weighted by molar-refractivity contribution is 7.14. The van der Waals surface area contributed by atoms with E-state index >= 15 is 0 Å². The van der Waals surface area contributed by atoms with Gasteiger partial charge in [0.05, 0.1) is 38.7 Å². The van der Waals surface area contributed by atoms with E-state index in [2.05, 4.69) is 9.88 Å². The number of ether oxygens (including phenoxy) is 3. The molecule has 0 spiro atoms. The fourth-order valence-corrected chi connectivity index (χ4v) is 4.58. The second kappa shape index (κ2) is 11.2. The molecule has 1 amide bonds. The summed E-state index contributed by atoms with van der Waals surface area (Å²) in [6.07, 6.45) is 4.09. The SMILES string of the molecule is COc1ccc(OC)c(-c2csc(N(CCCN3CCOCC3)C(=O)c3cccnc3)n2)c1. The Labute approximate surface area is 197 Å². The number of carbonyl (C=O) groups is 1. The molecule has 8 nitrogen and oxygen atoms in total. The predicted octanol–water partition coefficient (Wildman–Crippen LogP) is 3.59. The van der Waals surface area contributed by atoms with E-state index in [1.54, 1.807) is 43.6 Å². The van der Waals surface area contributed by atoms with E-state index in [4.69, 9.17) is 19.2 Å². The first kappa shape index (κ1) is 23.2. The second-order valence-corrected chi connectivity index (χ2v) is 8.42. The van der Waals surface area contributed by atoms with Gasteiger partial charge in [-0.2, -0.15) is 0 Å². The fourth-order valence-electron chi connectivity index (χ4n) is 3.73. The molecule has 0 radical (unpaired) electrons. The van der Waals surface area contributed by atoms with Crippen molar-refractivity contribution in [1.29, 1.82) is 0 Å². The molecule has 1 aliphatic rings. The maximum absolute atomic E-state index is 13.4. The molecule has 174 valence electrons. The molecule has 0 bridgehead atoms. The molecule has 0 unspecified atom stereocenters. The summed E-state index contributed by atoms with van der Waals surface area (Å²) in [6, 6.07) is 9.15. The Morgan fingerprint density at radius 1 is 1.21 bits per heavy atom. The summed E-state index contributed by atoms with van der Waals surface area (Å²) >= 11 is 1.44. The van der Waals surface area contributed by atoms with E-state index in [-0.39, 0.29) is 5.91 Å². The number of benzene rings is 1. The van der Waals surface area contributed by atoms with Gasteiger partial charge in [0.25, 0.3) is 5.91 Å². The standard InChI is InChI=1S/C24H28N4O4S/c1-30-19-6-7-22(31-2)20(15-19)21-17-33-24(26-21)28(23(29)18-5-3-8-25-16-18)10-4-9-27-11-13-32-14-12-27/h3,5-8,15-17H,4,9-14H2,1-2H3. The summed E-state index contributed by atoms with van der Waals surface area (Å²) in [4.78, 5) is 26.4. The molecule has 0 atom stereocenters. The quantitative estimate of drug-likeness (QED) is 0.475. The second-order valence-electron chi connectivity index (χ2n) is 7.59. The van der Waals surface area contributed by atoms with Gasteiger partial charge in [0.1, 0.15) is 11.5 Å². The minimum absolute atomic E-state index is 0.108. The van der Waals surface area contributed by atoms with Crippen molar-refractivity contribution in [3.05, 3.63) is 53.7 Å². The molecular weight excluding hydrogens is 440 g/mol. The summed E-state index contributed by atoms with van der Waals surface area (Å²) < 4.78 is 16.3. The fraction of sp³-hybridized carbons (Fsp3) is 0.375. The van der Waals surface area contributed by atoms with Crippen LogP contribution in [0.4, 0.5) is 5.13 Å². The summed E-state index contributed by atoms with van der Waals surface area (Å²) in [5, 5.41) is 2.59. The van der Waals surface area contributed by atoms with Gasteiger partial charge in [0.15, 0.2) is 5.13 Å². The number of rotatable bonds is 9. The summed E-state index contributed by atoms with van der Waals surface area (Å²) in [5.74, 6) is 1.31. The third-order valence-corrected chi connectivity index (χ3v) is 6.38. The highest BCUT2D eigenvalue weighted by Gasteiger charge is 2.22. The van der Waals surface area contributed by atoms with Gasteiger partial charge in [-0.15, -0.1) is 11.3 Å². The summed E-state index contributed by atoms with van der Waals surface area (Å²) in [6.45, 7) is 4.84. The van der Waals surface area contributed by atoms with Crippen LogP contribution in [-0.4, -0.2) is 74.4 Å². The Balaban J connectivity index is 1.58. The van der Waals surface area contributed by atoms with Crippen LogP contribution in [0.3, 0.4) is 0 Å². The molecular formula is C24H28N4O4S. The van der Waals surface area contributed by atoms with Gasteiger partial charge >= 0.3 is 0 Å². The van der Waals surface area contributed by atoms with Crippen LogP contribution < -0.4 is 14.4 Å².